The summed E-state index contributed by atoms with van der Waals surface area (Å²) in [6.07, 6.45) is 4.96. The van der Waals surface area contributed by atoms with Crippen LogP contribution in [0.3, 0.4) is 0 Å². The Morgan fingerprint density at radius 3 is 2.42 bits per heavy atom. The smallest absolute Gasteiger partial charge is 0.294 e. The average molecular weight is 596 g/mol. The van der Waals surface area contributed by atoms with E-state index in [4.69, 9.17) is 0 Å². The highest BCUT2D eigenvalue weighted by atomic mass is 79.9. The molecular formula is C28H27BrN4O4S. The van der Waals surface area contributed by atoms with Crippen LogP contribution in [0, 0.1) is 24.0 Å². The number of carbonyl (C=O) groups is 2. The minimum absolute atomic E-state index is 0.0903. The topological polar surface area (TPSA) is 88.7 Å². The SMILES string of the molecule is Cc1cc(/C=C2\SC(=O)N(Cc3ccc(Br)cc3)C2=O)c(C)n1-c1ccc(N2CCCCC2)c([N+](=O)[O-])c1. The molecule has 2 fully saturated rings. The molecule has 2 aliphatic rings. The summed E-state index contributed by atoms with van der Waals surface area (Å²) in [5.74, 6) is -0.325. The second kappa shape index (κ2) is 10.8. The molecule has 196 valence electrons. The van der Waals surface area contributed by atoms with Crippen molar-refractivity contribution in [2.24, 2.45) is 0 Å². The summed E-state index contributed by atoms with van der Waals surface area (Å²) in [7, 11) is 0. The van der Waals surface area contributed by atoms with E-state index in [0.29, 0.717) is 16.3 Å². The normalized spacial score (nSPS) is 17.1. The molecule has 2 saturated heterocycles. The average Bonchev–Trinajstić information content (AvgIpc) is 3.34. The number of halogens is 1. The van der Waals surface area contributed by atoms with E-state index in [1.807, 2.05) is 60.9 Å². The molecule has 0 atom stereocenters. The Hall–Kier alpha value is -3.37. The number of carbonyl (C=O) groups excluding carboxylic acids is 2. The fraction of sp³-hybridized carbons (Fsp3) is 0.286. The number of hydrogen-bond donors (Lipinski definition) is 0. The predicted molar refractivity (Wildman–Crippen MR) is 154 cm³/mol. The minimum atomic E-state index is -0.325. The van der Waals surface area contributed by atoms with E-state index in [1.165, 1.54) is 4.90 Å². The number of thioether (sulfide) groups is 1. The Morgan fingerprint density at radius 2 is 1.74 bits per heavy atom. The summed E-state index contributed by atoms with van der Waals surface area (Å²) in [5, 5.41) is 11.7. The van der Waals surface area contributed by atoms with Crippen molar-refractivity contribution in [3.63, 3.8) is 0 Å². The molecule has 3 heterocycles. The van der Waals surface area contributed by atoms with Gasteiger partial charge in [-0.15, -0.1) is 0 Å². The first-order valence-electron chi connectivity index (χ1n) is 12.5. The van der Waals surface area contributed by atoms with Gasteiger partial charge in [-0.05, 0) is 92.4 Å². The number of piperidine rings is 1. The molecule has 2 amide bonds. The van der Waals surface area contributed by atoms with Gasteiger partial charge in [0, 0.05) is 35.0 Å². The van der Waals surface area contributed by atoms with Crippen LogP contribution in [0.25, 0.3) is 11.8 Å². The van der Waals surface area contributed by atoms with Gasteiger partial charge in [0.2, 0.25) is 0 Å². The van der Waals surface area contributed by atoms with Crippen molar-refractivity contribution in [1.82, 2.24) is 9.47 Å². The number of nitro benzene ring substituents is 1. The van der Waals surface area contributed by atoms with Crippen molar-refractivity contribution in [1.29, 1.82) is 0 Å². The van der Waals surface area contributed by atoms with Gasteiger partial charge in [-0.25, -0.2) is 0 Å². The lowest BCUT2D eigenvalue weighted by Crippen LogP contribution is -2.30. The van der Waals surface area contributed by atoms with Gasteiger partial charge in [-0.2, -0.15) is 0 Å². The lowest BCUT2D eigenvalue weighted by Gasteiger charge is -2.28. The maximum atomic E-state index is 13.1. The molecule has 3 aromatic rings. The summed E-state index contributed by atoms with van der Waals surface area (Å²) >= 11 is 4.32. The van der Waals surface area contributed by atoms with Gasteiger partial charge >= 0.3 is 0 Å². The lowest BCUT2D eigenvalue weighted by molar-refractivity contribution is -0.384. The molecule has 0 bridgehead atoms. The Kier molecular flexibility index (Phi) is 7.45. The van der Waals surface area contributed by atoms with Gasteiger partial charge < -0.3 is 9.47 Å². The van der Waals surface area contributed by atoms with Crippen molar-refractivity contribution in [3.8, 4) is 5.69 Å². The Balaban J connectivity index is 1.43. The molecule has 8 nitrogen and oxygen atoms in total. The zero-order valence-corrected chi connectivity index (χ0v) is 23.5. The predicted octanol–water partition coefficient (Wildman–Crippen LogP) is 6.99. The van der Waals surface area contributed by atoms with Crippen molar-refractivity contribution < 1.29 is 14.5 Å². The Labute approximate surface area is 233 Å². The van der Waals surface area contributed by atoms with E-state index < -0.39 is 0 Å². The second-order valence-corrected chi connectivity index (χ2v) is 11.4. The van der Waals surface area contributed by atoms with Crippen LogP contribution in [0.2, 0.25) is 0 Å². The first-order valence-corrected chi connectivity index (χ1v) is 14.1. The highest BCUT2D eigenvalue weighted by Crippen LogP contribution is 2.36. The van der Waals surface area contributed by atoms with Crippen LogP contribution >= 0.6 is 27.7 Å². The number of imide groups is 1. The molecule has 0 unspecified atom stereocenters. The number of amides is 2. The molecule has 1 aromatic heterocycles. The molecule has 0 spiro atoms. The van der Waals surface area contributed by atoms with Crippen molar-refractivity contribution in [2.45, 2.75) is 39.7 Å². The first kappa shape index (κ1) is 26.2. The fourth-order valence-corrected chi connectivity index (χ4v) is 6.17. The molecule has 0 N–H and O–H groups in total. The third kappa shape index (κ3) is 5.15. The zero-order chi connectivity index (χ0) is 27.0. The van der Waals surface area contributed by atoms with E-state index in [9.17, 15) is 19.7 Å². The highest BCUT2D eigenvalue weighted by molar-refractivity contribution is 9.10. The maximum absolute atomic E-state index is 13.1. The van der Waals surface area contributed by atoms with Crippen LogP contribution in [0.5, 0.6) is 0 Å². The molecule has 0 aliphatic carbocycles. The molecule has 38 heavy (non-hydrogen) atoms. The van der Waals surface area contributed by atoms with Crippen LogP contribution < -0.4 is 4.90 Å². The van der Waals surface area contributed by atoms with Crippen molar-refractivity contribution >= 4 is 56.3 Å². The minimum Gasteiger partial charge on any atom is -0.366 e. The van der Waals surface area contributed by atoms with E-state index in [0.717, 1.165) is 71.1 Å². The van der Waals surface area contributed by atoms with E-state index in [1.54, 1.807) is 12.1 Å². The summed E-state index contributed by atoms with van der Waals surface area (Å²) in [4.78, 5) is 41.1. The summed E-state index contributed by atoms with van der Waals surface area (Å²) in [5.41, 5.74) is 4.80. The van der Waals surface area contributed by atoms with Crippen LogP contribution in [-0.2, 0) is 11.3 Å². The van der Waals surface area contributed by atoms with Gasteiger partial charge in [0.05, 0.1) is 22.1 Å². The Morgan fingerprint density at radius 1 is 1.03 bits per heavy atom. The number of nitrogens with zero attached hydrogens (tertiary/aromatic N) is 4. The third-order valence-electron chi connectivity index (χ3n) is 7.00. The molecule has 2 aromatic carbocycles. The van der Waals surface area contributed by atoms with Gasteiger partial charge in [0.15, 0.2) is 0 Å². The number of nitro groups is 1. The van der Waals surface area contributed by atoms with Crippen molar-refractivity contribution in [3.05, 3.63) is 90.5 Å². The van der Waals surface area contributed by atoms with E-state index in [-0.39, 0.29) is 28.3 Å². The van der Waals surface area contributed by atoms with Crippen LogP contribution in [-0.4, -0.2) is 38.6 Å². The molecule has 10 heteroatoms. The fourth-order valence-electron chi connectivity index (χ4n) is 5.08. The number of anilines is 1. The number of aromatic nitrogens is 1. The van der Waals surface area contributed by atoms with Crippen molar-refractivity contribution in [2.75, 3.05) is 18.0 Å². The quantitative estimate of drug-likeness (QED) is 0.173. The molecule has 0 radical (unpaired) electrons. The number of rotatable bonds is 6. The first-order chi connectivity index (χ1) is 18.2. The van der Waals surface area contributed by atoms with E-state index >= 15 is 0 Å². The van der Waals surface area contributed by atoms with Gasteiger partial charge in [-0.1, -0.05) is 28.1 Å². The second-order valence-electron chi connectivity index (χ2n) is 9.53. The monoisotopic (exact) mass is 594 g/mol. The standard InChI is InChI=1S/C28H27BrN4O4S/c1-18-14-21(15-26-27(34)31(28(35)38-26)17-20-6-8-22(29)9-7-20)19(2)32(18)23-10-11-24(25(16-23)33(36)37)30-12-4-3-5-13-30/h6-11,14-16H,3-5,12-13,17H2,1-2H3/b26-15-. The van der Waals surface area contributed by atoms with Gasteiger partial charge in [0.1, 0.15) is 5.69 Å². The number of aryl methyl sites for hydroxylation is 1. The highest BCUT2D eigenvalue weighted by Gasteiger charge is 2.35. The molecule has 5 rings (SSSR count). The lowest BCUT2D eigenvalue weighted by atomic mass is 10.1. The molecule has 2 aliphatic heterocycles. The number of hydrogen-bond acceptors (Lipinski definition) is 6. The summed E-state index contributed by atoms with van der Waals surface area (Å²) < 4.78 is 2.88. The van der Waals surface area contributed by atoms with Crippen LogP contribution in [0.1, 0.15) is 41.8 Å². The summed E-state index contributed by atoms with van der Waals surface area (Å²) in [6, 6.07) is 14.8. The third-order valence-corrected chi connectivity index (χ3v) is 8.43. The molecule has 0 saturated carbocycles. The Bertz CT molecular complexity index is 1460. The number of benzene rings is 2. The van der Waals surface area contributed by atoms with Gasteiger partial charge in [-0.3, -0.25) is 24.6 Å². The summed E-state index contributed by atoms with van der Waals surface area (Å²) in [6.45, 7) is 5.69. The van der Waals surface area contributed by atoms with Crippen LogP contribution in [0.4, 0.5) is 16.2 Å². The molecular weight excluding hydrogens is 568 g/mol. The van der Waals surface area contributed by atoms with Crippen LogP contribution in [0.15, 0.2) is 57.9 Å². The van der Waals surface area contributed by atoms with Gasteiger partial charge in [0.25, 0.3) is 16.8 Å². The maximum Gasteiger partial charge on any atom is 0.294 e. The zero-order valence-electron chi connectivity index (χ0n) is 21.1. The van der Waals surface area contributed by atoms with E-state index in [2.05, 4.69) is 20.8 Å². The largest absolute Gasteiger partial charge is 0.366 e.